The Morgan fingerprint density at radius 2 is 2.09 bits per heavy atom. The van der Waals surface area contributed by atoms with E-state index in [0.29, 0.717) is 6.54 Å². The van der Waals surface area contributed by atoms with Crippen molar-refractivity contribution in [2.75, 3.05) is 13.7 Å². The molecule has 0 atom stereocenters. The minimum Gasteiger partial charge on any atom is -0.497 e. The average molecular weight is 199 g/mol. The van der Waals surface area contributed by atoms with E-state index < -0.39 is 0 Å². The lowest BCUT2D eigenvalue weighted by Crippen LogP contribution is -2.02. The molecule has 0 aliphatic rings. The summed E-state index contributed by atoms with van der Waals surface area (Å²) in [4.78, 5) is 0. The lowest BCUT2D eigenvalue weighted by Gasteiger charge is -2.00. The van der Waals surface area contributed by atoms with Crippen molar-refractivity contribution >= 4 is 0 Å². The van der Waals surface area contributed by atoms with E-state index in [0.717, 1.165) is 12.2 Å². The van der Waals surface area contributed by atoms with E-state index in [1.165, 1.54) is 5.56 Å². The molecular weight excluding hydrogens is 138 g/mol. The number of nitrogens with two attached hydrogens (primary N) is 1. The summed E-state index contributed by atoms with van der Waals surface area (Å²) >= 11 is 0. The van der Waals surface area contributed by atoms with Crippen molar-refractivity contribution in [3.8, 4) is 5.75 Å². The van der Waals surface area contributed by atoms with Gasteiger partial charge in [0.05, 0.1) is 7.11 Å². The number of hydrogen-bond acceptors (Lipinski definition) is 2. The Hall–Kier alpha value is -1.02. The van der Waals surface area contributed by atoms with Gasteiger partial charge in [-0.05, 0) is 30.7 Å². The van der Waals surface area contributed by atoms with Gasteiger partial charge in [0.15, 0.2) is 0 Å². The zero-order chi connectivity index (χ0) is 30.1. The molecule has 1 aromatic rings. The molecule has 1 rings (SSSR count). The monoisotopic (exact) mass is 198 g/mol. The van der Waals surface area contributed by atoms with Gasteiger partial charge in [-0.15, -0.1) is 0 Å². The predicted molar refractivity (Wildman–Crippen MR) is 71.1 cm³/mol. The van der Waals surface area contributed by atoms with Crippen LogP contribution >= 0.6 is 0 Å². The van der Waals surface area contributed by atoms with Gasteiger partial charge in [-0.3, -0.25) is 0 Å². The van der Waals surface area contributed by atoms with E-state index in [4.69, 9.17) is 43.1 Å². The van der Waals surface area contributed by atoms with E-state index in [-0.39, 0.29) is 1.43 Å². The van der Waals surface area contributed by atoms with Crippen molar-refractivity contribution in [3.63, 3.8) is 0 Å². The second-order valence-electron chi connectivity index (χ2n) is 2.39. The molecule has 0 aliphatic carbocycles. The summed E-state index contributed by atoms with van der Waals surface area (Å²) in [5.74, 6) is 0.894. The van der Waals surface area contributed by atoms with Gasteiger partial charge in [0.1, 0.15) is 5.75 Å². The molecule has 2 heteroatoms. The van der Waals surface area contributed by atoms with Crippen LogP contribution in [0.3, 0.4) is 0 Å². The summed E-state index contributed by atoms with van der Waals surface area (Å²) in [6, 6.07) is 7.97. The summed E-state index contributed by atoms with van der Waals surface area (Å²) in [6.45, 7) is 0.701. The number of rotatable bonds is 3. The molecule has 11 heavy (non-hydrogen) atoms. The SMILES string of the molecule is COc1ccc(CCN)cc1.[2HH].[2H][2H].[2H][2H].[2H][2H].[2H][2H].[2H][2H].[2H][2H].[2H][2H].[2H][2H].[2H][2H].[2H][2H].[2H][2H]. The van der Waals surface area contributed by atoms with E-state index >= 15 is 0 Å². The first-order valence-corrected chi connectivity index (χ1v) is 3.70. The quantitative estimate of drug-likeness (QED) is 0.792. The Bertz CT molecular complexity index is 236. The molecule has 0 amide bonds. The van der Waals surface area contributed by atoms with Gasteiger partial charge >= 0.3 is 0 Å². The summed E-state index contributed by atoms with van der Waals surface area (Å²) < 4.78 is 115. The van der Waals surface area contributed by atoms with Crippen LogP contribution in [0.5, 0.6) is 5.75 Å². The number of hydrogen-bond donors (Lipinski definition) is 1. The second-order valence-corrected chi connectivity index (χ2v) is 2.39. The van der Waals surface area contributed by atoms with E-state index in [1.54, 1.807) is 7.11 Å². The maximum Gasteiger partial charge on any atom is 0.118 e. The van der Waals surface area contributed by atoms with Crippen LogP contribution in [0.2, 0.25) is 0 Å². The third-order valence-corrected chi connectivity index (χ3v) is 1.59. The normalized spacial score (nSPS) is 17.6. The molecule has 0 saturated heterocycles. The van der Waals surface area contributed by atoms with Crippen LogP contribution in [0, 0.1) is 0 Å². The average Bonchev–Trinajstić information content (AvgIpc) is 3.01. The van der Waals surface area contributed by atoms with Gasteiger partial charge in [0, 0.05) is 34.1 Å². The first-order valence-electron chi connectivity index (χ1n) is 14.7. The molecule has 2 nitrogen and oxygen atoms in total. The summed E-state index contributed by atoms with van der Waals surface area (Å²) in [6.07, 6.45) is 0.935. The highest BCUT2D eigenvalue weighted by Crippen LogP contribution is 2.10. The van der Waals surface area contributed by atoms with Crippen molar-refractivity contribution in [2.45, 2.75) is 6.42 Å². The maximum absolute atomic E-state index is 5.40. The number of ether oxygens (including phenoxy) is 1. The minimum atomic E-state index is 0. The van der Waals surface area contributed by atoms with Crippen LogP contribution in [0.4, 0.5) is 0 Å². The van der Waals surface area contributed by atoms with Gasteiger partial charge in [0.2, 0.25) is 0 Å². The zero-order valence-electron chi connectivity index (χ0n) is 28.7. The Morgan fingerprint density at radius 1 is 1.45 bits per heavy atom. The molecule has 1 aromatic carbocycles. The van der Waals surface area contributed by atoms with Crippen LogP contribution in [0.1, 0.15) is 39.7 Å². The van der Waals surface area contributed by atoms with Crippen LogP contribution < -0.4 is 10.5 Å². The molecule has 0 aliphatic heterocycles. The molecule has 84 valence electrons. The van der Waals surface area contributed by atoms with Gasteiger partial charge in [-0.2, -0.15) is 0 Å². The van der Waals surface area contributed by atoms with Gasteiger partial charge < -0.3 is 10.5 Å². The molecule has 0 fully saturated rings. The lowest BCUT2D eigenvalue weighted by atomic mass is 10.1. The highest BCUT2D eigenvalue weighted by Gasteiger charge is 1.91. The fourth-order valence-corrected chi connectivity index (χ4v) is 0.959. The standard InChI is InChI=1S/C9H13NO.12H2/c1-11-9-4-2-8(3-5-9)6-7-10;;;;;;;;;;;;/h2-5H,6-7,10H2,1H3;12*1H/i;11*1+1D;1+1. The van der Waals surface area contributed by atoms with Crippen LogP contribution in [-0.4, -0.2) is 13.7 Å². The van der Waals surface area contributed by atoms with Crippen LogP contribution in [0.15, 0.2) is 24.3 Å². The lowest BCUT2D eigenvalue weighted by molar-refractivity contribution is 0.414. The van der Waals surface area contributed by atoms with Crippen LogP contribution in [0.25, 0.3) is 0 Å². The van der Waals surface area contributed by atoms with E-state index in [1.807, 2.05) is 24.3 Å². The van der Waals surface area contributed by atoms with Crippen molar-refractivity contribution in [1.82, 2.24) is 0 Å². The van der Waals surface area contributed by atoms with Gasteiger partial charge in [-0.1, -0.05) is 12.1 Å². The molecule has 0 aromatic heterocycles. The Labute approximate surface area is 102 Å². The third kappa shape index (κ3) is 2.24. The van der Waals surface area contributed by atoms with Crippen molar-refractivity contribution in [2.24, 2.45) is 5.73 Å². The first kappa shape index (κ1) is 1.83. The zero-order valence-corrected chi connectivity index (χ0v) is 6.71. The summed E-state index contributed by atoms with van der Waals surface area (Å²) in [7, 11) is 1.66. The molecule has 0 radical (unpaired) electrons. The predicted octanol–water partition coefficient (Wildman–Crippen LogP) is 4.15. The Morgan fingerprint density at radius 3 is 2.55 bits per heavy atom. The molecule has 0 unspecified atom stereocenters. The summed E-state index contributed by atoms with van der Waals surface area (Å²) in [5, 5.41) is 0. The molecule has 0 spiro atoms. The maximum atomic E-state index is 5.40. The smallest absolute Gasteiger partial charge is 0.118 e. The Kier molecular flexibility index (Phi) is 0.662. The van der Waals surface area contributed by atoms with Crippen molar-refractivity contribution in [1.29, 1.82) is 0 Å². The fourth-order valence-electron chi connectivity index (χ4n) is 0.959. The number of methoxy groups -OCH3 is 1. The fraction of sp³-hybridized carbons (Fsp3) is 0.333. The Balaban J connectivity index is -0.0000000181. The first-order chi connectivity index (χ1) is 16.4. The summed E-state index contributed by atoms with van der Waals surface area (Å²) in [5.41, 5.74) is 6.66. The molecular formula is C9H37NO. The largest absolute Gasteiger partial charge is 0.497 e. The molecule has 2 N–H and O–H groups in total. The van der Waals surface area contributed by atoms with E-state index in [9.17, 15) is 0 Å². The molecule has 0 saturated carbocycles. The van der Waals surface area contributed by atoms with Crippen molar-refractivity contribution < 1.29 is 38.8 Å². The molecule has 0 heterocycles. The number of benzene rings is 1. The second kappa shape index (κ2) is 3.98. The van der Waals surface area contributed by atoms with Crippen LogP contribution in [-0.2, 0) is 6.42 Å². The van der Waals surface area contributed by atoms with Crippen molar-refractivity contribution in [3.05, 3.63) is 29.8 Å². The van der Waals surface area contributed by atoms with Gasteiger partial charge in [0.25, 0.3) is 0 Å². The third-order valence-electron chi connectivity index (χ3n) is 1.59. The highest BCUT2D eigenvalue weighted by atomic mass is 16.5. The topological polar surface area (TPSA) is 35.2 Å². The highest BCUT2D eigenvalue weighted by molar-refractivity contribution is 5.27. The minimum absolute atomic E-state index is 0. The van der Waals surface area contributed by atoms with Gasteiger partial charge in [-0.25, -0.2) is 0 Å². The molecule has 0 bridgehead atoms. The van der Waals surface area contributed by atoms with E-state index in [2.05, 4.69) is 0 Å².